The van der Waals surface area contributed by atoms with Gasteiger partial charge in [0.15, 0.2) is 15.8 Å². The number of hydrogen-bond acceptors (Lipinski definition) is 3. The number of aliphatic imine (C=N–C) groups is 1. The summed E-state index contributed by atoms with van der Waals surface area (Å²) in [4.78, 5) is 6.67. The normalized spacial score (nSPS) is 15.4. The van der Waals surface area contributed by atoms with Gasteiger partial charge < -0.3 is 10.2 Å². The maximum atomic E-state index is 11.6. The van der Waals surface area contributed by atoms with Crippen molar-refractivity contribution in [1.82, 2.24) is 10.2 Å². The number of sulfone groups is 1. The van der Waals surface area contributed by atoms with Crippen molar-refractivity contribution in [3.8, 4) is 0 Å². The fourth-order valence-corrected chi connectivity index (χ4v) is 3.29. The molecule has 0 amide bonds. The summed E-state index contributed by atoms with van der Waals surface area (Å²) in [5.41, 5.74) is 2.63. The van der Waals surface area contributed by atoms with Crippen LogP contribution in [0, 0.1) is 0 Å². The lowest BCUT2D eigenvalue weighted by Gasteiger charge is -2.29. The van der Waals surface area contributed by atoms with Gasteiger partial charge in [0, 0.05) is 25.4 Å². The van der Waals surface area contributed by atoms with Crippen LogP contribution in [0.25, 0.3) is 5.57 Å². The average molecular weight is 477 g/mol. The van der Waals surface area contributed by atoms with Crippen molar-refractivity contribution >= 4 is 45.3 Å². The molecule has 1 heterocycles. The maximum absolute atomic E-state index is 11.6. The molecule has 5 nitrogen and oxygen atoms in total. The van der Waals surface area contributed by atoms with Crippen LogP contribution in [0.2, 0.25) is 0 Å². The minimum Gasteiger partial charge on any atom is -0.357 e. The van der Waals surface area contributed by atoms with Gasteiger partial charge in [0.1, 0.15) is 0 Å². The number of nitrogens with zero attached hydrogens (tertiary/aromatic N) is 2. The Morgan fingerprint density at radius 2 is 1.96 bits per heavy atom. The summed E-state index contributed by atoms with van der Waals surface area (Å²) in [7, 11) is -2.97. The van der Waals surface area contributed by atoms with Crippen molar-refractivity contribution in [3.63, 3.8) is 0 Å². The Kier molecular flexibility index (Phi) is 9.48. The molecular weight excluding hydrogens is 449 g/mol. The Morgan fingerprint density at radius 3 is 2.52 bits per heavy atom. The van der Waals surface area contributed by atoms with Gasteiger partial charge in [-0.05, 0) is 24.5 Å². The van der Waals surface area contributed by atoms with Gasteiger partial charge in [-0.2, -0.15) is 0 Å². The molecule has 0 bridgehead atoms. The summed E-state index contributed by atoms with van der Waals surface area (Å²) in [6.07, 6.45) is 3.19. The molecule has 0 aromatic heterocycles. The number of benzene rings is 1. The van der Waals surface area contributed by atoms with Crippen molar-refractivity contribution in [2.75, 3.05) is 37.7 Å². The SMILES string of the molecule is CCNC(=NCCS(=O)(=O)CC)N1CC=C(c2ccccc2)CC1.I. The molecular formula is C18H28IN3O2S. The van der Waals surface area contributed by atoms with Crippen LogP contribution >= 0.6 is 24.0 Å². The van der Waals surface area contributed by atoms with Crippen molar-refractivity contribution < 1.29 is 8.42 Å². The molecule has 0 saturated heterocycles. The van der Waals surface area contributed by atoms with E-state index in [1.165, 1.54) is 11.1 Å². The van der Waals surface area contributed by atoms with Crippen molar-refractivity contribution in [2.45, 2.75) is 20.3 Å². The molecule has 0 spiro atoms. The van der Waals surface area contributed by atoms with Gasteiger partial charge in [0.25, 0.3) is 0 Å². The fourth-order valence-electron chi connectivity index (χ4n) is 2.64. The Labute approximate surface area is 168 Å². The second kappa shape index (κ2) is 10.8. The average Bonchev–Trinajstić information content (AvgIpc) is 2.62. The van der Waals surface area contributed by atoms with E-state index in [9.17, 15) is 8.42 Å². The first-order valence-electron chi connectivity index (χ1n) is 8.54. The highest BCUT2D eigenvalue weighted by atomic mass is 127. The summed E-state index contributed by atoms with van der Waals surface area (Å²) in [5.74, 6) is 1.08. The van der Waals surface area contributed by atoms with Gasteiger partial charge in [0.05, 0.1) is 12.3 Å². The molecule has 1 aromatic carbocycles. The fraction of sp³-hybridized carbons (Fsp3) is 0.500. The van der Waals surface area contributed by atoms with Crippen molar-refractivity contribution in [3.05, 3.63) is 42.0 Å². The zero-order valence-electron chi connectivity index (χ0n) is 14.9. The van der Waals surface area contributed by atoms with Crippen LogP contribution < -0.4 is 5.32 Å². The van der Waals surface area contributed by atoms with E-state index in [2.05, 4.69) is 45.6 Å². The molecule has 1 aliphatic heterocycles. The summed E-state index contributed by atoms with van der Waals surface area (Å²) in [6, 6.07) is 10.4. The zero-order chi connectivity index (χ0) is 17.4. The van der Waals surface area contributed by atoms with Crippen LogP contribution in [-0.4, -0.2) is 57.0 Å². The summed E-state index contributed by atoms with van der Waals surface area (Å²) < 4.78 is 23.2. The number of rotatable bonds is 6. The highest BCUT2D eigenvalue weighted by molar-refractivity contribution is 14.0. The standard InChI is InChI=1S/C18H27N3O2S.HI/c1-3-19-18(20-12-15-24(22,23)4-2)21-13-10-17(11-14-21)16-8-6-5-7-9-16;/h5-10H,3-4,11-15H2,1-2H3,(H,19,20);1H. The summed E-state index contributed by atoms with van der Waals surface area (Å²) >= 11 is 0. The highest BCUT2D eigenvalue weighted by Crippen LogP contribution is 2.21. The summed E-state index contributed by atoms with van der Waals surface area (Å²) in [6.45, 7) is 6.44. The molecule has 0 atom stereocenters. The Balaban J connectivity index is 0.00000312. The van der Waals surface area contributed by atoms with E-state index in [-0.39, 0.29) is 35.5 Å². The molecule has 1 aromatic rings. The topological polar surface area (TPSA) is 61.8 Å². The molecule has 1 N–H and O–H groups in total. The van der Waals surface area contributed by atoms with Crippen LogP contribution in [0.5, 0.6) is 0 Å². The molecule has 140 valence electrons. The van der Waals surface area contributed by atoms with Crippen LogP contribution in [0.1, 0.15) is 25.8 Å². The second-order valence-corrected chi connectivity index (χ2v) is 8.24. The second-order valence-electron chi connectivity index (χ2n) is 5.76. The molecule has 25 heavy (non-hydrogen) atoms. The van der Waals surface area contributed by atoms with Gasteiger partial charge in [-0.15, -0.1) is 24.0 Å². The molecule has 0 saturated carbocycles. The van der Waals surface area contributed by atoms with Crippen LogP contribution in [0.3, 0.4) is 0 Å². The number of guanidine groups is 1. The number of nitrogens with one attached hydrogen (secondary N) is 1. The van der Waals surface area contributed by atoms with Crippen molar-refractivity contribution in [1.29, 1.82) is 0 Å². The third kappa shape index (κ3) is 6.97. The minimum atomic E-state index is -2.97. The summed E-state index contributed by atoms with van der Waals surface area (Å²) in [5, 5.41) is 3.26. The van der Waals surface area contributed by atoms with E-state index in [0.717, 1.165) is 32.0 Å². The van der Waals surface area contributed by atoms with Gasteiger partial charge in [-0.1, -0.05) is 43.3 Å². The lowest BCUT2D eigenvalue weighted by atomic mass is 10.00. The Hall–Kier alpha value is -1.09. The third-order valence-electron chi connectivity index (χ3n) is 4.09. The monoisotopic (exact) mass is 477 g/mol. The van der Waals surface area contributed by atoms with E-state index in [1.807, 2.05) is 13.0 Å². The largest absolute Gasteiger partial charge is 0.357 e. The van der Waals surface area contributed by atoms with Crippen LogP contribution in [-0.2, 0) is 9.84 Å². The molecule has 0 aliphatic carbocycles. The maximum Gasteiger partial charge on any atom is 0.194 e. The predicted octanol–water partition coefficient (Wildman–Crippen LogP) is 2.79. The number of hydrogen-bond donors (Lipinski definition) is 1. The van der Waals surface area contributed by atoms with Gasteiger partial charge in [-0.3, -0.25) is 4.99 Å². The van der Waals surface area contributed by atoms with E-state index >= 15 is 0 Å². The first kappa shape index (κ1) is 22.0. The van der Waals surface area contributed by atoms with E-state index < -0.39 is 9.84 Å². The predicted molar refractivity (Wildman–Crippen MR) is 116 cm³/mol. The molecule has 2 rings (SSSR count). The Morgan fingerprint density at radius 1 is 1.24 bits per heavy atom. The van der Waals surface area contributed by atoms with E-state index in [0.29, 0.717) is 6.54 Å². The van der Waals surface area contributed by atoms with Gasteiger partial charge in [-0.25, -0.2) is 8.42 Å². The third-order valence-corrected chi connectivity index (χ3v) is 5.78. The first-order chi connectivity index (χ1) is 11.6. The van der Waals surface area contributed by atoms with Crippen LogP contribution in [0.15, 0.2) is 41.4 Å². The number of halogens is 1. The smallest absolute Gasteiger partial charge is 0.194 e. The zero-order valence-corrected chi connectivity index (χ0v) is 18.1. The molecule has 1 aliphatic rings. The Bertz CT molecular complexity index is 688. The van der Waals surface area contributed by atoms with E-state index in [4.69, 9.17) is 0 Å². The molecule has 7 heteroatoms. The van der Waals surface area contributed by atoms with Gasteiger partial charge in [0.2, 0.25) is 0 Å². The lowest BCUT2D eigenvalue weighted by molar-refractivity contribution is 0.440. The molecule has 0 unspecified atom stereocenters. The quantitative estimate of drug-likeness (QED) is 0.389. The lowest BCUT2D eigenvalue weighted by Crippen LogP contribution is -2.43. The van der Waals surface area contributed by atoms with Crippen molar-refractivity contribution in [2.24, 2.45) is 4.99 Å². The highest BCUT2D eigenvalue weighted by Gasteiger charge is 2.16. The molecule has 0 radical (unpaired) electrons. The van der Waals surface area contributed by atoms with Crippen LogP contribution in [0.4, 0.5) is 0 Å². The van der Waals surface area contributed by atoms with E-state index in [1.54, 1.807) is 6.92 Å². The first-order valence-corrected chi connectivity index (χ1v) is 10.4. The molecule has 0 fully saturated rings. The minimum absolute atomic E-state index is 0. The van der Waals surface area contributed by atoms with Gasteiger partial charge >= 0.3 is 0 Å².